The van der Waals surface area contributed by atoms with E-state index in [0.717, 1.165) is 27.4 Å². The van der Waals surface area contributed by atoms with E-state index >= 15 is 0 Å². The fraction of sp³-hybridized carbons (Fsp3) is 0.103. The van der Waals surface area contributed by atoms with Crippen LogP contribution in [0.15, 0.2) is 90.8 Å². The number of phenols is 1. The second-order valence-electron chi connectivity index (χ2n) is 8.94. The van der Waals surface area contributed by atoms with E-state index in [0.29, 0.717) is 17.5 Å². The van der Waals surface area contributed by atoms with Crippen LogP contribution < -0.4 is 0 Å². The van der Waals surface area contributed by atoms with Crippen molar-refractivity contribution in [3.8, 4) is 5.75 Å². The SMILES string of the molecule is O=C1C(=O)N(CCc2c[nH]c3ccccc23)C(c2cccc(O)c2)/C1=C(/O)c1c[nH]c2ccccc12. The molecule has 3 aromatic carbocycles. The number of amides is 1. The molecule has 0 bridgehead atoms. The molecular formula is C29H23N3O4. The van der Waals surface area contributed by atoms with Gasteiger partial charge in [0.25, 0.3) is 11.7 Å². The van der Waals surface area contributed by atoms with Crippen LogP contribution in [-0.4, -0.2) is 43.3 Å². The van der Waals surface area contributed by atoms with Crippen LogP contribution in [0.2, 0.25) is 0 Å². The summed E-state index contributed by atoms with van der Waals surface area (Å²) in [5.74, 6) is -1.65. The Hall–Kier alpha value is -4.78. The van der Waals surface area contributed by atoms with Crippen molar-refractivity contribution in [3.63, 3.8) is 0 Å². The first-order chi connectivity index (χ1) is 17.5. The number of nitrogens with zero attached hydrogens (tertiary/aromatic N) is 1. The zero-order valence-electron chi connectivity index (χ0n) is 19.2. The molecule has 7 heteroatoms. The van der Waals surface area contributed by atoms with E-state index in [1.54, 1.807) is 18.3 Å². The van der Waals surface area contributed by atoms with Gasteiger partial charge in [0.1, 0.15) is 11.5 Å². The number of benzene rings is 3. The first-order valence-corrected chi connectivity index (χ1v) is 11.7. The normalized spacial score (nSPS) is 17.4. The van der Waals surface area contributed by atoms with Crippen molar-refractivity contribution >= 4 is 39.3 Å². The summed E-state index contributed by atoms with van der Waals surface area (Å²) in [5.41, 5.74) is 3.84. The molecular weight excluding hydrogens is 454 g/mol. The first-order valence-electron chi connectivity index (χ1n) is 11.7. The predicted octanol–water partition coefficient (Wildman–Crippen LogP) is 5.02. The van der Waals surface area contributed by atoms with Crippen LogP contribution in [0.3, 0.4) is 0 Å². The summed E-state index contributed by atoms with van der Waals surface area (Å²) in [4.78, 5) is 34.5. The summed E-state index contributed by atoms with van der Waals surface area (Å²) in [6, 6.07) is 21.0. The molecule has 5 aromatic rings. The lowest BCUT2D eigenvalue weighted by Gasteiger charge is -2.25. The number of carbonyl (C=O) groups excluding carboxylic acids is 2. The van der Waals surface area contributed by atoms with Gasteiger partial charge in [0.2, 0.25) is 0 Å². The molecule has 178 valence electrons. The van der Waals surface area contributed by atoms with E-state index in [9.17, 15) is 19.8 Å². The Morgan fingerprint density at radius 2 is 1.56 bits per heavy atom. The lowest BCUT2D eigenvalue weighted by atomic mass is 9.95. The Morgan fingerprint density at radius 1 is 0.861 bits per heavy atom. The molecule has 0 aliphatic carbocycles. The maximum Gasteiger partial charge on any atom is 0.295 e. The third-order valence-electron chi connectivity index (χ3n) is 6.87. The van der Waals surface area contributed by atoms with Gasteiger partial charge >= 0.3 is 0 Å². The monoisotopic (exact) mass is 477 g/mol. The number of H-pyrrole nitrogens is 2. The van der Waals surface area contributed by atoms with Gasteiger partial charge in [-0.05, 0) is 41.8 Å². The molecule has 3 heterocycles. The van der Waals surface area contributed by atoms with Crippen molar-refractivity contribution in [2.45, 2.75) is 12.5 Å². The fourth-order valence-electron chi connectivity index (χ4n) is 5.14. The number of aromatic nitrogens is 2. The number of hydrogen-bond acceptors (Lipinski definition) is 4. The van der Waals surface area contributed by atoms with Crippen LogP contribution >= 0.6 is 0 Å². The molecule has 7 nitrogen and oxygen atoms in total. The fourth-order valence-corrected chi connectivity index (χ4v) is 5.14. The number of nitrogens with one attached hydrogen (secondary N) is 2. The molecule has 1 aliphatic heterocycles. The van der Waals surface area contributed by atoms with Crippen LogP contribution in [0.25, 0.3) is 27.6 Å². The zero-order chi connectivity index (χ0) is 24.8. The molecule has 0 saturated carbocycles. The number of hydrogen-bond donors (Lipinski definition) is 4. The average molecular weight is 478 g/mol. The molecule has 0 radical (unpaired) electrons. The Labute approximate surface area is 206 Å². The molecule has 36 heavy (non-hydrogen) atoms. The molecule has 0 spiro atoms. The Bertz CT molecular complexity index is 1680. The van der Waals surface area contributed by atoms with Gasteiger partial charge in [0.05, 0.1) is 11.6 Å². The second-order valence-corrected chi connectivity index (χ2v) is 8.94. The minimum Gasteiger partial charge on any atom is -0.508 e. The van der Waals surface area contributed by atoms with Crippen molar-refractivity contribution in [2.75, 3.05) is 6.54 Å². The smallest absolute Gasteiger partial charge is 0.295 e. The van der Waals surface area contributed by atoms with E-state index < -0.39 is 17.7 Å². The number of rotatable bonds is 5. The summed E-state index contributed by atoms with van der Waals surface area (Å²) in [6.07, 6.45) is 4.06. The number of carbonyl (C=O) groups is 2. The van der Waals surface area contributed by atoms with E-state index in [1.807, 2.05) is 54.7 Å². The summed E-state index contributed by atoms with van der Waals surface area (Å²) in [5, 5.41) is 23.4. The van der Waals surface area contributed by atoms with Gasteiger partial charge in [0, 0.05) is 46.3 Å². The van der Waals surface area contributed by atoms with Gasteiger partial charge in [-0.15, -0.1) is 0 Å². The van der Waals surface area contributed by atoms with Crippen LogP contribution in [-0.2, 0) is 16.0 Å². The number of aliphatic hydroxyl groups is 1. The van der Waals surface area contributed by atoms with Crippen molar-refractivity contribution in [3.05, 3.63) is 107 Å². The molecule has 1 saturated heterocycles. The van der Waals surface area contributed by atoms with Crippen LogP contribution in [0.5, 0.6) is 5.75 Å². The standard InChI is InChI=1S/C29H23N3O4/c33-19-7-5-6-17(14-19)26-25(27(34)22-16-31-24-11-4-2-9-21(22)24)28(35)29(36)32(26)13-12-18-15-30-23-10-3-1-8-20(18)23/h1-11,14-16,26,30-31,33-34H,12-13H2/b27-25-. The van der Waals surface area contributed by atoms with Gasteiger partial charge < -0.3 is 25.1 Å². The summed E-state index contributed by atoms with van der Waals surface area (Å²) in [7, 11) is 0. The first kappa shape index (κ1) is 21.7. The van der Waals surface area contributed by atoms with Gasteiger partial charge in [0.15, 0.2) is 0 Å². The summed E-state index contributed by atoms with van der Waals surface area (Å²) in [6.45, 7) is 0.261. The summed E-state index contributed by atoms with van der Waals surface area (Å²) >= 11 is 0. The number of aromatic amines is 2. The Balaban J connectivity index is 1.45. The van der Waals surface area contributed by atoms with Crippen molar-refractivity contribution in [2.24, 2.45) is 0 Å². The van der Waals surface area contributed by atoms with E-state index in [1.165, 1.54) is 17.0 Å². The topological polar surface area (TPSA) is 109 Å². The highest BCUT2D eigenvalue weighted by Crippen LogP contribution is 2.41. The molecule has 4 N–H and O–H groups in total. The molecule has 1 unspecified atom stereocenters. The minimum absolute atomic E-state index is 0.00859. The third kappa shape index (κ3) is 3.44. The van der Waals surface area contributed by atoms with Crippen molar-refractivity contribution in [1.82, 2.24) is 14.9 Å². The second kappa shape index (κ2) is 8.46. The third-order valence-corrected chi connectivity index (χ3v) is 6.87. The number of para-hydroxylation sites is 2. The Kier molecular flexibility index (Phi) is 5.11. The Morgan fingerprint density at radius 3 is 2.33 bits per heavy atom. The predicted molar refractivity (Wildman–Crippen MR) is 137 cm³/mol. The molecule has 1 aliphatic rings. The van der Waals surface area contributed by atoms with E-state index in [4.69, 9.17) is 0 Å². The molecule has 2 aromatic heterocycles. The zero-order valence-corrected chi connectivity index (χ0v) is 19.2. The molecule has 1 atom stereocenters. The molecule has 1 fully saturated rings. The number of fused-ring (bicyclic) bond motifs is 2. The van der Waals surface area contributed by atoms with Gasteiger partial charge in [-0.1, -0.05) is 48.5 Å². The number of ketones is 1. The highest BCUT2D eigenvalue weighted by atomic mass is 16.3. The quantitative estimate of drug-likeness (QED) is 0.162. The molecule has 6 rings (SSSR count). The average Bonchev–Trinajstić information content (AvgIpc) is 3.57. The van der Waals surface area contributed by atoms with Gasteiger partial charge in [-0.25, -0.2) is 0 Å². The van der Waals surface area contributed by atoms with Gasteiger partial charge in [-0.2, -0.15) is 0 Å². The number of phenolic OH excluding ortho intramolecular Hbond substituents is 1. The lowest BCUT2D eigenvalue weighted by Crippen LogP contribution is -2.31. The summed E-state index contributed by atoms with van der Waals surface area (Å²) < 4.78 is 0. The minimum atomic E-state index is -0.837. The van der Waals surface area contributed by atoms with Gasteiger partial charge in [-0.3, -0.25) is 9.59 Å². The van der Waals surface area contributed by atoms with Crippen molar-refractivity contribution in [1.29, 1.82) is 0 Å². The maximum atomic E-state index is 13.3. The van der Waals surface area contributed by atoms with Crippen LogP contribution in [0.4, 0.5) is 0 Å². The molecule has 1 amide bonds. The maximum absolute atomic E-state index is 13.3. The lowest BCUT2D eigenvalue weighted by molar-refractivity contribution is -0.139. The van der Waals surface area contributed by atoms with E-state index in [-0.39, 0.29) is 23.6 Å². The number of Topliss-reactive ketones (excluding diaryl/α,β-unsaturated/α-hetero) is 1. The number of aromatic hydroxyl groups is 1. The van der Waals surface area contributed by atoms with Crippen molar-refractivity contribution < 1.29 is 19.8 Å². The highest BCUT2D eigenvalue weighted by Gasteiger charge is 2.46. The van der Waals surface area contributed by atoms with E-state index in [2.05, 4.69) is 9.97 Å². The van der Waals surface area contributed by atoms with Crippen LogP contribution in [0, 0.1) is 0 Å². The number of aliphatic hydroxyl groups excluding tert-OH is 1. The number of likely N-dealkylation sites (tertiary alicyclic amines) is 1. The largest absolute Gasteiger partial charge is 0.508 e. The highest BCUT2D eigenvalue weighted by molar-refractivity contribution is 6.46. The van der Waals surface area contributed by atoms with Crippen LogP contribution in [0.1, 0.15) is 22.7 Å².